The highest BCUT2D eigenvalue weighted by Gasteiger charge is 2.16. The van der Waals surface area contributed by atoms with Gasteiger partial charge in [-0.15, -0.1) is 0 Å². The Morgan fingerprint density at radius 3 is 2.50 bits per heavy atom. The van der Waals surface area contributed by atoms with Gasteiger partial charge >= 0.3 is 5.97 Å². The van der Waals surface area contributed by atoms with E-state index in [4.69, 9.17) is 9.47 Å². The van der Waals surface area contributed by atoms with Crippen molar-refractivity contribution in [3.63, 3.8) is 0 Å². The number of hydrogen-bond donors (Lipinski definition) is 0. The van der Waals surface area contributed by atoms with Crippen molar-refractivity contribution in [2.45, 2.75) is 39.0 Å². The first-order valence-electron chi connectivity index (χ1n) is 8.32. The van der Waals surface area contributed by atoms with Gasteiger partial charge in [-0.2, -0.15) is 0 Å². The number of carbonyl (C=O) groups excluding carboxylic acids is 2. The van der Waals surface area contributed by atoms with Crippen LogP contribution in [0.5, 0.6) is 0 Å². The SMILES string of the molecule is CCOC(=O)CCN(CCCCN1CCCC1)C(=O)COC. The zero-order chi connectivity index (χ0) is 16.2. The predicted octanol–water partition coefficient (Wildman–Crippen LogP) is 1.29. The second kappa shape index (κ2) is 11.4. The number of ether oxygens (including phenoxy) is 2. The van der Waals surface area contributed by atoms with E-state index in [1.54, 1.807) is 11.8 Å². The van der Waals surface area contributed by atoms with E-state index in [0.717, 1.165) is 19.4 Å². The fourth-order valence-corrected chi connectivity index (χ4v) is 2.68. The Labute approximate surface area is 133 Å². The molecule has 128 valence electrons. The lowest BCUT2D eigenvalue weighted by molar-refractivity contribution is -0.144. The standard InChI is InChI=1S/C16H30N2O4/c1-3-22-16(20)8-13-18(15(19)14-21-2)12-7-6-11-17-9-4-5-10-17/h3-14H2,1-2H3. The zero-order valence-corrected chi connectivity index (χ0v) is 14.0. The molecule has 0 aromatic rings. The van der Waals surface area contributed by atoms with Gasteiger partial charge in [0, 0.05) is 20.2 Å². The minimum Gasteiger partial charge on any atom is -0.466 e. The highest BCUT2D eigenvalue weighted by molar-refractivity contribution is 5.78. The van der Waals surface area contributed by atoms with Gasteiger partial charge in [-0.1, -0.05) is 0 Å². The lowest BCUT2D eigenvalue weighted by Crippen LogP contribution is -2.36. The Morgan fingerprint density at radius 1 is 1.14 bits per heavy atom. The van der Waals surface area contributed by atoms with Crippen molar-refractivity contribution >= 4 is 11.9 Å². The van der Waals surface area contributed by atoms with Crippen molar-refractivity contribution in [3.05, 3.63) is 0 Å². The summed E-state index contributed by atoms with van der Waals surface area (Å²) in [6.45, 7) is 6.81. The molecule has 1 aliphatic rings. The molecule has 6 heteroatoms. The summed E-state index contributed by atoms with van der Waals surface area (Å²) in [4.78, 5) is 27.6. The normalized spacial score (nSPS) is 15.0. The van der Waals surface area contributed by atoms with Crippen LogP contribution in [0.3, 0.4) is 0 Å². The molecular weight excluding hydrogens is 284 g/mol. The number of rotatable bonds is 11. The molecule has 0 bridgehead atoms. The number of unbranched alkanes of at least 4 members (excludes halogenated alkanes) is 1. The lowest BCUT2D eigenvalue weighted by Gasteiger charge is -2.22. The van der Waals surface area contributed by atoms with E-state index in [-0.39, 0.29) is 24.9 Å². The molecule has 1 heterocycles. The summed E-state index contributed by atoms with van der Waals surface area (Å²) in [7, 11) is 1.51. The molecule has 0 spiro atoms. The summed E-state index contributed by atoms with van der Waals surface area (Å²) in [5.74, 6) is -0.317. The molecule has 6 nitrogen and oxygen atoms in total. The van der Waals surface area contributed by atoms with Crippen LogP contribution in [0.2, 0.25) is 0 Å². The molecule has 1 saturated heterocycles. The third-order valence-electron chi connectivity index (χ3n) is 3.86. The van der Waals surface area contributed by atoms with Gasteiger partial charge in [0.05, 0.1) is 13.0 Å². The van der Waals surface area contributed by atoms with Crippen LogP contribution >= 0.6 is 0 Å². The van der Waals surface area contributed by atoms with Crippen LogP contribution in [0.15, 0.2) is 0 Å². The maximum absolute atomic E-state index is 12.0. The van der Waals surface area contributed by atoms with Gasteiger partial charge in [-0.05, 0) is 52.2 Å². The summed E-state index contributed by atoms with van der Waals surface area (Å²) >= 11 is 0. The number of esters is 1. The molecule has 0 unspecified atom stereocenters. The summed E-state index contributed by atoms with van der Waals surface area (Å²) in [5.41, 5.74) is 0. The largest absolute Gasteiger partial charge is 0.466 e. The van der Waals surface area contributed by atoms with E-state index in [1.807, 2.05) is 0 Å². The summed E-state index contributed by atoms with van der Waals surface area (Å²) in [6, 6.07) is 0. The van der Waals surface area contributed by atoms with Crippen LogP contribution < -0.4 is 0 Å². The van der Waals surface area contributed by atoms with Gasteiger partial charge in [-0.3, -0.25) is 9.59 Å². The smallest absolute Gasteiger partial charge is 0.307 e. The first-order valence-corrected chi connectivity index (χ1v) is 8.32. The molecule has 0 aromatic carbocycles. The lowest BCUT2D eigenvalue weighted by atomic mass is 10.2. The number of hydrogen-bond acceptors (Lipinski definition) is 5. The Hall–Kier alpha value is -1.14. The fraction of sp³-hybridized carbons (Fsp3) is 0.875. The molecule has 1 aliphatic heterocycles. The monoisotopic (exact) mass is 314 g/mol. The van der Waals surface area contributed by atoms with Gasteiger partial charge in [-0.25, -0.2) is 0 Å². The maximum atomic E-state index is 12.0. The number of nitrogens with zero attached hydrogens (tertiary/aromatic N) is 2. The van der Waals surface area contributed by atoms with E-state index >= 15 is 0 Å². The molecule has 1 amide bonds. The van der Waals surface area contributed by atoms with E-state index in [0.29, 0.717) is 19.7 Å². The van der Waals surface area contributed by atoms with Gasteiger partial charge in [0.25, 0.3) is 0 Å². The molecule has 1 rings (SSSR count). The van der Waals surface area contributed by atoms with Crippen LogP contribution in [0.25, 0.3) is 0 Å². The van der Waals surface area contributed by atoms with Crippen LogP contribution in [0.1, 0.15) is 39.0 Å². The Balaban J connectivity index is 2.27. The zero-order valence-electron chi connectivity index (χ0n) is 14.0. The number of amides is 1. The molecule has 0 aromatic heterocycles. The molecule has 22 heavy (non-hydrogen) atoms. The van der Waals surface area contributed by atoms with E-state index < -0.39 is 0 Å². The minimum absolute atomic E-state index is 0.0621. The van der Waals surface area contributed by atoms with E-state index in [2.05, 4.69) is 4.90 Å². The highest BCUT2D eigenvalue weighted by Crippen LogP contribution is 2.09. The van der Waals surface area contributed by atoms with Gasteiger partial charge < -0.3 is 19.3 Å². The van der Waals surface area contributed by atoms with Gasteiger partial charge in [0.2, 0.25) is 5.91 Å². The van der Waals surface area contributed by atoms with Crippen molar-refractivity contribution in [2.75, 3.05) is 53.0 Å². The van der Waals surface area contributed by atoms with Crippen LogP contribution in [-0.2, 0) is 19.1 Å². The van der Waals surface area contributed by atoms with Gasteiger partial charge in [0.15, 0.2) is 0 Å². The van der Waals surface area contributed by atoms with E-state index in [1.165, 1.54) is 33.0 Å². The molecule has 0 saturated carbocycles. The Morgan fingerprint density at radius 2 is 1.86 bits per heavy atom. The second-order valence-electron chi connectivity index (χ2n) is 5.62. The van der Waals surface area contributed by atoms with Crippen molar-refractivity contribution < 1.29 is 19.1 Å². The summed E-state index contributed by atoms with van der Waals surface area (Å²) in [6.07, 6.45) is 4.89. The molecule has 0 atom stereocenters. The predicted molar refractivity (Wildman–Crippen MR) is 84.6 cm³/mol. The molecule has 0 radical (unpaired) electrons. The first kappa shape index (κ1) is 18.9. The fourth-order valence-electron chi connectivity index (χ4n) is 2.68. The number of carbonyl (C=O) groups is 2. The number of methoxy groups -OCH3 is 1. The Kier molecular flexibility index (Phi) is 9.82. The minimum atomic E-state index is -0.255. The quantitative estimate of drug-likeness (QED) is 0.425. The maximum Gasteiger partial charge on any atom is 0.307 e. The van der Waals surface area contributed by atoms with Gasteiger partial charge in [0.1, 0.15) is 6.61 Å². The summed E-state index contributed by atoms with van der Waals surface area (Å²) < 4.78 is 9.82. The first-order chi connectivity index (χ1) is 10.7. The number of likely N-dealkylation sites (tertiary alicyclic amines) is 1. The van der Waals surface area contributed by atoms with Crippen molar-refractivity contribution in [1.82, 2.24) is 9.80 Å². The van der Waals surface area contributed by atoms with Crippen LogP contribution in [0, 0.1) is 0 Å². The van der Waals surface area contributed by atoms with Crippen molar-refractivity contribution in [1.29, 1.82) is 0 Å². The third kappa shape index (κ3) is 7.75. The molecule has 0 aliphatic carbocycles. The Bertz CT molecular complexity index is 330. The molecule has 1 fully saturated rings. The van der Waals surface area contributed by atoms with Crippen LogP contribution in [0.4, 0.5) is 0 Å². The topological polar surface area (TPSA) is 59.1 Å². The second-order valence-corrected chi connectivity index (χ2v) is 5.62. The summed E-state index contributed by atoms with van der Waals surface area (Å²) in [5, 5.41) is 0. The van der Waals surface area contributed by atoms with E-state index in [9.17, 15) is 9.59 Å². The van der Waals surface area contributed by atoms with Crippen molar-refractivity contribution in [2.24, 2.45) is 0 Å². The average molecular weight is 314 g/mol. The third-order valence-corrected chi connectivity index (χ3v) is 3.86. The van der Waals surface area contributed by atoms with Crippen LogP contribution in [-0.4, -0.2) is 74.7 Å². The highest BCUT2D eigenvalue weighted by atomic mass is 16.5. The molecular formula is C16H30N2O4. The molecule has 0 N–H and O–H groups in total. The van der Waals surface area contributed by atoms with Crippen molar-refractivity contribution in [3.8, 4) is 0 Å². The average Bonchev–Trinajstić information content (AvgIpc) is 3.00.